The Kier molecular flexibility index (Phi) is 8.34. The molecule has 0 heterocycles. The summed E-state index contributed by atoms with van der Waals surface area (Å²) in [6.45, 7) is 8.72. The first-order valence-corrected chi connectivity index (χ1v) is 8.69. The van der Waals surface area contributed by atoms with Crippen molar-refractivity contribution in [3.63, 3.8) is 0 Å². The Morgan fingerprint density at radius 3 is 2.19 bits per heavy atom. The van der Waals surface area contributed by atoms with Gasteiger partial charge < -0.3 is 0 Å². The van der Waals surface area contributed by atoms with Crippen molar-refractivity contribution in [2.24, 2.45) is 5.92 Å². The van der Waals surface area contributed by atoms with E-state index in [0.717, 1.165) is 25.7 Å². The summed E-state index contributed by atoms with van der Waals surface area (Å²) < 4.78 is 0. The van der Waals surface area contributed by atoms with Crippen LogP contribution < -0.4 is 0 Å². The highest BCUT2D eigenvalue weighted by atomic mass is 16.1. The Bertz CT molecular complexity index is 431. The molecule has 0 radical (unpaired) electrons. The van der Waals surface area contributed by atoms with Crippen molar-refractivity contribution < 1.29 is 4.79 Å². The molecule has 0 spiro atoms. The van der Waals surface area contributed by atoms with Crippen LogP contribution in [-0.2, 0) is 24.1 Å². The lowest BCUT2D eigenvalue weighted by Crippen LogP contribution is -2.05. The molecule has 0 saturated carbocycles. The highest BCUT2D eigenvalue weighted by molar-refractivity contribution is 5.78. The molecule has 1 aromatic rings. The third-order valence-electron chi connectivity index (χ3n) is 3.93. The number of benzene rings is 1. The predicted molar refractivity (Wildman–Crippen MR) is 91.8 cm³/mol. The highest BCUT2D eigenvalue weighted by Gasteiger charge is 2.09. The molecule has 0 fully saturated rings. The molecule has 0 aliphatic carbocycles. The van der Waals surface area contributed by atoms with E-state index in [1.54, 1.807) is 5.56 Å². The van der Waals surface area contributed by atoms with E-state index in [4.69, 9.17) is 0 Å². The van der Waals surface area contributed by atoms with Crippen LogP contribution in [0.1, 0.15) is 76.5 Å². The van der Waals surface area contributed by atoms with Gasteiger partial charge >= 0.3 is 0 Å². The van der Waals surface area contributed by atoms with E-state index in [0.29, 0.717) is 11.7 Å². The first kappa shape index (κ1) is 17.9. The summed E-state index contributed by atoms with van der Waals surface area (Å²) in [5.74, 6) is 0.910. The average Bonchev–Trinajstić information content (AvgIpc) is 2.41. The van der Waals surface area contributed by atoms with Crippen LogP contribution in [-0.4, -0.2) is 5.78 Å². The minimum atomic E-state index is 0.423. The maximum Gasteiger partial charge on any atom is 0.133 e. The largest absolute Gasteiger partial charge is 0.300 e. The first-order valence-electron chi connectivity index (χ1n) is 8.69. The Labute approximate surface area is 131 Å². The topological polar surface area (TPSA) is 17.1 Å². The van der Waals surface area contributed by atoms with Crippen molar-refractivity contribution in [2.75, 3.05) is 0 Å². The molecule has 21 heavy (non-hydrogen) atoms. The van der Waals surface area contributed by atoms with Crippen molar-refractivity contribution in [2.45, 2.75) is 79.1 Å². The van der Waals surface area contributed by atoms with E-state index < -0.39 is 0 Å². The SMILES string of the molecule is CCCc1cccc(CCCC(=O)CC(C)C)c1CCC. The summed E-state index contributed by atoms with van der Waals surface area (Å²) in [5.41, 5.74) is 4.55. The Balaban J connectivity index is 2.65. The maximum atomic E-state index is 11.8. The van der Waals surface area contributed by atoms with E-state index >= 15 is 0 Å². The third-order valence-corrected chi connectivity index (χ3v) is 3.93. The van der Waals surface area contributed by atoms with Crippen LogP contribution >= 0.6 is 0 Å². The zero-order chi connectivity index (χ0) is 15.7. The van der Waals surface area contributed by atoms with Gasteiger partial charge in [0.2, 0.25) is 0 Å². The number of aryl methyl sites for hydroxylation is 2. The molecule has 1 heteroatoms. The summed E-state index contributed by atoms with van der Waals surface area (Å²) >= 11 is 0. The molecule has 0 amide bonds. The number of hydrogen-bond acceptors (Lipinski definition) is 1. The monoisotopic (exact) mass is 288 g/mol. The molecule has 1 aromatic carbocycles. The smallest absolute Gasteiger partial charge is 0.133 e. The van der Waals surface area contributed by atoms with Crippen molar-refractivity contribution >= 4 is 5.78 Å². The number of hydrogen-bond donors (Lipinski definition) is 0. The van der Waals surface area contributed by atoms with Gasteiger partial charge in [0, 0.05) is 12.8 Å². The Morgan fingerprint density at radius 1 is 1.00 bits per heavy atom. The fourth-order valence-corrected chi connectivity index (χ4v) is 3.03. The molecule has 0 N–H and O–H groups in total. The van der Waals surface area contributed by atoms with Gasteiger partial charge in [0.25, 0.3) is 0 Å². The van der Waals surface area contributed by atoms with E-state index in [1.807, 2.05) is 0 Å². The van der Waals surface area contributed by atoms with Crippen molar-refractivity contribution in [1.29, 1.82) is 0 Å². The minimum absolute atomic E-state index is 0.423. The summed E-state index contributed by atoms with van der Waals surface area (Å²) in [6, 6.07) is 6.73. The molecule has 0 unspecified atom stereocenters. The van der Waals surface area contributed by atoms with Crippen LogP contribution in [0.25, 0.3) is 0 Å². The molecular weight excluding hydrogens is 256 g/mol. The number of carbonyl (C=O) groups excluding carboxylic acids is 1. The Hall–Kier alpha value is -1.11. The lowest BCUT2D eigenvalue weighted by atomic mass is 9.91. The average molecular weight is 288 g/mol. The van der Waals surface area contributed by atoms with E-state index in [2.05, 4.69) is 45.9 Å². The van der Waals surface area contributed by atoms with Gasteiger partial charge in [-0.25, -0.2) is 0 Å². The minimum Gasteiger partial charge on any atom is -0.300 e. The van der Waals surface area contributed by atoms with E-state index in [9.17, 15) is 4.79 Å². The van der Waals surface area contributed by atoms with Crippen molar-refractivity contribution in [3.05, 3.63) is 34.9 Å². The predicted octanol–water partition coefficient (Wildman–Crippen LogP) is 5.53. The first-order chi connectivity index (χ1) is 10.1. The normalized spacial score (nSPS) is 11.1. The van der Waals surface area contributed by atoms with Gasteiger partial charge in [0.05, 0.1) is 0 Å². The van der Waals surface area contributed by atoms with Crippen LogP contribution in [0, 0.1) is 5.92 Å². The van der Waals surface area contributed by atoms with E-state index in [-0.39, 0.29) is 0 Å². The van der Waals surface area contributed by atoms with Gasteiger partial charge in [0.15, 0.2) is 0 Å². The van der Waals surface area contributed by atoms with Gasteiger partial charge in [-0.2, -0.15) is 0 Å². The third kappa shape index (κ3) is 6.46. The van der Waals surface area contributed by atoms with Crippen LogP contribution in [0.2, 0.25) is 0 Å². The van der Waals surface area contributed by atoms with Crippen molar-refractivity contribution in [1.82, 2.24) is 0 Å². The number of rotatable bonds is 10. The van der Waals surface area contributed by atoms with Gasteiger partial charge in [-0.05, 0) is 48.3 Å². The zero-order valence-electron chi connectivity index (χ0n) is 14.4. The molecule has 0 atom stereocenters. The van der Waals surface area contributed by atoms with Gasteiger partial charge in [-0.15, -0.1) is 0 Å². The van der Waals surface area contributed by atoms with E-state index in [1.165, 1.54) is 36.8 Å². The van der Waals surface area contributed by atoms with Gasteiger partial charge in [0.1, 0.15) is 5.78 Å². The second-order valence-electron chi connectivity index (χ2n) is 6.55. The quantitative estimate of drug-likeness (QED) is 0.553. The van der Waals surface area contributed by atoms with Crippen LogP contribution in [0.3, 0.4) is 0 Å². The second-order valence-corrected chi connectivity index (χ2v) is 6.55. The molecule has 118 valence electrons. The van der Waals surface area contributed by atoms with Crippen LogP contribution in [0.15, 0.2) is 18.2 Å². The number of ketones is 1. The molecule has 0 aromatic heterocycles. The standard InChI is InChI=1S/C20H32O/c1-5-9-17-11-7-12-18(20(17)10-6-2)13-8-14-19(21)15-16(3)4/h7,11-12,16H,5-6,8-10,13-15H2,1-4H3. The van der Waals surface area contributed by atoms with Gasteiger partial charge in [-0.1, -0.05) is 58.7 Å². The fourth-order valence-electron chi connectivity index (χ4n) is 3.03. The van der Waals surface area contributed by atoms with Crippen molar-refractivity contribution in [3.8, 4) is 0 Å². The highest BCUT2D eigenvalue weighted by Crippen LogP contribution is 2.21. The summed E-state index contributed by atoms with van der Waals surface area (Å²) in [4.78, 5) is 11.8. The zero-order valence-corrected chi connectivity index (χ0v) is 14.4. The maximum absolute atomic E-state index is 11.8. The van der Waals surface area contributed by atoms with Crippen LogP contribution in [0.5, 0.6) is 0 Å². The molecule has 0 saturated heterocycles. The molecule has 0 aliphatic heterocycles. The number of carbonyl (C=O) groups is 1. The molecule has 1 rings (SSSR count). The molecule has 0 bridgehead atoms. The fraction of sp³-hybridized carbons (Fsp3) is 0.650. The van der Waals surface area contributed by atoms with Crippen LogP contribution in [0.4, 0.5) is 0 Å². The molecular formula is C20H32O. The molecule has 0 aliphatic rings. The Morgan fingerprint density at radius 2 is 1.62 bits per heavy atom. The number of Topliss-reactive ketones (excluding diaryl/α,β-unsaturated/α-hetero) is 1. The lowest BCUT2D eigenvalue weighted by Gasteiger charge is -2.14. The lowest BCUT2D eigenvalue weighted by molar-refractivity contribution is -0.119. The summed E-state index contributed by atoms with van der Waals surface area (Å²) in [6.07, 6.45) is 8.27. The summed E-state index contributed by atoms with van der Waals surface area (Å²) in [7, 11) is 0. The van der Waals surface area contributed by atoms with Gasteiger partial charge in [-0.3, -0.25) is 4.79 Å². The summed E-state index contributed by atoms with van der Waals surface area (Å²) in [5, 5.41) is 0. The second kappa shape index (κ2) is 9.76. The molecule has 1 nitrogen and oxygen atoms in total.